The maximum absolute atomic E-state index is 6.77. The Morgan fingerprint density at radius 3 is 1.56 bits per heavy atom. The lowest BCUT2D eigenvalue weighted by Gasteiger charge is -2.25. The van der Waals surface area contributed by atoms with E-state index in [0.29, 0.717) is 16.5 Å². The zero-order valence-electron chi connectivity index (χ0n) is 32.8. The molecule has 0 aliphatic heterocycles. The van der Waals surface area contributed by atoms with E-state index in [9.17, 15) is 0 Å². The van der Waals surface area contributed by atoms with Crippen LogP contribution in [0, 0.1) is 0 Å². The predicted molar refractivity (Wildman–Crippen MR) is 262 cm³/mol. The number of benzene rings is 10. The SMILES string of the molecule is [B]c1c([B])c([B])c(-c2c3ccccc3c(-c3cc(-c4cccc5oc6ccc(-c7cccc8c7oc7ccccc78)cc6c45)c4ccccc4c3)c3ccccc23)c([B])c1[B]. The fraction of sp³-hybridized carbons (Fsp3) is 0. The van der Waals surface area contributed by atoms with E-state index >= 15 is 0 Å². The summed E-state index contributed by atoms with van der Waals surface area (Å²) in [5.41, 5.74) is 12.4. The third-order valence-electron chi connectivity index (χ3n) is 12.5. The second-order valence-electron chi connectivity index (χ2n) is 15.8. The predicted octanol–water partition coefficient (Wildman–Crippen LogP) is 9.58. The second kappa shape index (κ2) is 13.5. The molecule has 7 heteroatoms. The molecule has 0 bridgehead atoms. The molecule has 0 unspecified atom stereocenters. The Morgan fingerprint density at radius 1 is 0.295 bits per heavy atom. The average molecular weight is 762 g/mol. The van der Waals surface area contributed by atoms with Gasteiger partial charge in [-0.25, -0.2) is 0 Å². The average Bonchev–Trinajstić information content (AvgIpc) is 3.88. The van der Waals surface area contributed by atoms with Crippen LogP contribution in [0.4, 0.5) is 0 Å². The van der Waals surface area contributed by atoms with Gasteiger partial charge in [-0.05, 0) is 108 Å². The Labute approximate surface area is 358 Å². The number of para-hydroxylation sites is 2. The summed E-state index contributed by atoms with van der Waals surface area (Å²) in [5, 5.41) is 10.5. The summed E-state index contributed by atoms with van der Waals surface area (Å²) >= 11 is 0. The first kappa shape index (κ1) is 35.8. The standard InChI is InChI=1S/C54H27B5O2/c55-49-48(50(56)52(58)53(59)51(49)57)47-36-16-5-3-14-34(36)45(35-15-4-6-17-37(35)47)30-25-28-11-1-2-12-31(28)40(27-30)38-19-10-22-44-46(38)41-26-29(23-24-43(41)60-44)32-18-9-20-39-33-13-7-8-21-42(33)61-54(32)39/h1-27H. The summed E-state index contributed by atoms with van der Waals surface area (Å²) in [6.07, 6.45) is 0. The van der Waals surface area contributed by atoms with Crippen LogP contribution in [0.3, 0.4) is 0 Å². The van der Waals surface area contributed by atoms with Crippen LogP contribution in [0.5, 0.6) is 0 Å². The van der Waals surface area contributed by atoms with Gasteiger partial charge in [0.25, 0.3) is 0 Å². The van der Waals surface area contributed by atoms with Crippen LogP contribution in [-0.2, 0) is 0 Å². The first-order chi connectivity index (χ1) is 29.9. The summed E-state index contributed by atoms with van der Waals surface area (Å²) in [6, 6.07) is 57.2. The minimum Gasteiger partial charge on any atom is -0.456 e. The highest BCUT2D eigenvalue weighted by Gasteiger charge is 2.23. The molecule has 0 fully saturated rings. The van der Waals surface area contributed by atoms with Gasteiger partial charge in [0, 0.05) is 27.1 Å². The van der Waals surface area contributed by atoms with Crippen LogP contribution in [-0.4, -0.2) is 39.2 Å². The van der Waals surface area contributed by atoms with Crippen LogP contribution in [0.25, 0.3) is 121 Å². The van der Waals surface area contributed by atoms with E-state index < -0.39 is 0 Å². The number of hydrogen-bond acceptors (Lipinski definition) is 2. The molecule has 0 atom stereocenters. The summed E-state index contributed by atoms with van der Waals surface area (Å²) < 4.78 is 13.1. The van der Waals surface area contributed by atoms with Crippen LogP contribution in [0.15, 0.2) is 173 Å². The lowest BCUT2D eigenvalue weighted by Crippen LogP contribution is -2.55. The molecule has 2 aromatic heterocycles. The highest BCUT2D eigenvalue weighted by atomic mass is 16.3. The van der Waals surface area contributed by atoms with E-state index in [1.165, 1.54) is 0 Å². The van der Waals surface area contributed by atoms with Gasteiger partial charge in [-0.15, -0.1) is 16.4 Å². The van der Waals surface area contributed by atoms with E-state index in [1.54, 1.807) is 0 Å². The van der Waals surface area contributed by atoms with Crippen molar-refractivity contribution in [2.75, 3.05) is 0 Å². The van der Waals surface area contributed by atoms with Gasteiger partial charge in [0.1, 0.15) is 61.6 Å². The molecule has 0 saturated heterocycles. The van der Waals surface area contributed by atoms with Crippen molar-refractivity contribution >= 4 is 143 Å². The van der Waals surface area contributed by atoms with Crippen LogP contribution in [0.2, 0.25) is 0 Å². The summed E-state index contributed by atoms with van der Waals surface area (Å²) in [6.45, 7) is 0. The normalized spacial score (nSPS) is 11.9. The number of furan rings is 2. The van der Waals surface area contributed by atoms with Gasteiger partial charge in [-0.1, -0.05) is 138 Å². The first-order valence-corrected chi connectivity index (χ1v) is 20.2. The van der Waals surface area contributed by atoms with Crippen molar-refractivity contribution in [3.8, 4) is 44.5 Å². The fourth-order valence-corrected chi connectivity index (χ4v) is 9.70. The molecular formula is C54H27B5O2. The highest BCUT2D eigenvalue weighted by Crippen LogP contribution is 2.47. The van der Waals surface area contributed by atoms with Gasteiger partial charge in [-0.3, -0.25) is 0 Å². The Bertz CT molecular complexity index is 3750. The maximum Gasteiger partial charge on any atom is 0.143 e. The molecule has 61 heavy (non-hydrogen) atoms. The molecule has 0 N–H and O–H groups in total. The molecule has 270 valence electrons. The molecule has 12 aromatic rings. The largest absolute Gasteiger partial charge is 0.456 e. The van der Waals surface area contributed by atoms with Crippen molar-refractivity contribution in [1.82, 2.24) is 0 Å². The topological polar surface area (TPSA) is 26.3 Å². The van der Waals surface area contributed by atoms with Gasteiger partial charge in [0.15, 0.2) is 0 Å². The summed E-state index contributed by atoms with van der Waals surface area (Å²) in [7, 11) is 32.7. The molecule has 2 nitrogen and oxygen atoms in total. The van der Waals surface area contributed by atoms with Crippen LogP contribution >= 0.6 is 0 Å². The minimum absolute atomic E-state index is 0.188. The maximum atomic E-state index is 6.77. The molecule has 0 aliphatic rings. The quantitative estimate of drug-likeness (QED) is 0.132. The molecule has 0 saturated carbocycles. The van der Waals surface area contributed by atoms with Crippen LogP contribution in [0.1, 0.15) is 0 Å². The Balaban J connectivity index is 1.13. The zero-order valence-corrected chi connectivity index (χ0v) is 32.8. The molecule has 10 radical (unpaired) electrons. The summed E-state index contributed by atoms with van der Waals surface area (Å²) in [5.74, 6) is 0. The Kier molecular flexibility index (Phi) is 7.90. The molecule has 2 heterocycles. The smallest absolute Gasteiger partial charge is 0.143 e. The monoisotopic (exact) mass is 762 g/mol. The lowest BCUT2D eigenvalue weighted by atomic mass is 9.59. The van der Waals surface area contributed by atoms with Gasteiger partial charge in [0.2, 0.25) is 0 Å². The Hall–Kier alpha value is -7.10. The van der Waals surface area contributed by atoms with Crippen molar-refractivity contribution in [1.29, 1.82) is 0 Å². The van der Waals surface area contributed by atoms with Crippen molar-refractivity contribution in [2.45, 2.75) is 0 Å². The van der Waals surface area contributed by atoms with E-state index in [4.69, 9.17) is 48.1 Å². The van der Waals surface area contributed by atoms with Crippen molar-refractivity contribution in [3.63, 3.8) is 0 Å². The molecule has 10 aromatic carbocycles. The Morgan fingerprint density at radius 2 is 0.836 bits per heavy atom. The highest BCUT2D eigenvalue weighted by molar-refractivity contribution is 6.69. The molecule has 0 amide bonds. The van der Waals surface area contributed by atoms with E-state index in [0.717, 1.165) is 115 Å². The fourth-order valence-electron chi connectivity index (χ4n) is 9.70. The lowest BCUT2D eigenvalue weighted by molar-refractivity contribution is 0.668. The molecule has 0 spiro atoms. The van der Waals surface area contributed by atoms with E-state index in [-0.39, 0.29) is 16.4 Å². The second-order valence-corrected chi connectivity index (χ2v) is 15.8. The van der Waals surface area contributed by atoms with Gasteiger partial charge in [-0.2, -0.15) is 0 Å². The first-order valence-electron chi connectivity index (χ1n) is 20.2. The number of hydrogen-bond donors (Lipinski definition) is 0. The summed E-state index contributed by atoms with van der Waals surface area (Å²) in [4.78, 5) is 0. The number of fused-ring (bicyclic) bond motifs is 9. The van der Waals surface area contributed by atoms with Crippen molar-refractivity contribution in [2.24, 2.45) is 0 Å². The van der Waals surface area contributed by atoms with E-state index in [1.807, 2.05) is 24.3 Å². The number of rotatable bonds is 4. The van der Waals surface area contributed by atoms with E-state index in [2.05, 4.69) is 140 Å². The minimum atomic E-state index is 0.188. The molecular weight excluding hydrogens is 735 g/mol. The van der Waals surface area contributed by atoms with Crippen molar-refractivity contribution < 1.29 is 8.83 Å². The van der Waals surface area contributed by atoms with Crippen molar-refractivity contribution in [3.05, 3.63) is 164 Å². The molecule has 0 aliphatic carbocycles. The third-order valence-corrected chi connectivity index (χ3v) is 12.5. The van der Waals surface area contributed by atoms with Crippen LogP contribution < -0.4 is 27.3 Å². The van der Waals surface area contributed by atoms with Gasteiger partial charge in [0.05, 0.1) is 0 Å². The molecule has 12 rings (SSSR count). The van der Waals surface area contributed by atoms with Gasteiger partial charge >= 0.3 is 0 Å². The zero-order chi connectivity index (χ0) is 41.1. The van der Waals surface area contributed by atoms with Gasteiger partial charge < -0.3 is 8.83 Å². The third kappa shape index (κ3) is 5.23.